The van der Waals surface area contributed by atoms with Gasteiger partial charge in [-0.2, -0.15) is 5.01 Å². The quantitative estimate of drug-likeness (QED) is 0.519. The summed E-state index contributed by atoms with van der Waals surface area (Å²) in [6, 6.07) is -0.0914. The number of esters is 1. The molecule has 0 unspecified atom stereocenters. The number of ether oxygens (including phenoxy) is 3. The van der Waals surface area contributed by atoms with E-state index in [1.807, 2.05) is 39.6 Å². The van der Waals surface area contributed by atoms with Crippen molar-refractivity contribution in [2.45, 2.75) is 104 Å². The summed E-state index contributed by atoms with van der Waals surface area (Å²) in [5, 5.41) is 1.86. The largest absolute Gasteiger partial charge is 0.463 e. The van der Waals surface area contributed by atoms with Crippen LogP contribution in [0.5, 0.6) is 0 Å². The minimum Gasteiger partial charge on any atom is -0.463 e. The van der Waals surface area contributed by atoms with Crippen molar-refractivity contribution < 1.29 is 23.8 Å². The lowest BCUT2D eigenvalue weighted by Gasteiger charge is -2.36. The van der Waals surface area contributed by atoms with E-state index in [2.05, 4.69) is 5.43 Å². The van der Waals surface area contributed by atoms with Crippen LogP contribution in [0.1, 0.15) is 80.1 Å². The van der Waals surface area contributed by atoms with Gasteiger partial charge < -0.3 is 14.2 Å². The Morgan fingerprint density at radius 2 is 1.86 bits per heavy atom. The summed E-state index contributed by atoms with van der Waals surface area (Å²) in [6.45, 7) is 11.4. The van der Waals surface area contributed by atoms with E-state index in [0.29, 0.717) is 12.5 Å². The fraction of sp³-hybridized carbons (Fsp3) is 0.818. The second-order valence-electron chi connectivity index (χ2n) is 9.43. The van der Waals surface area contributed by atoms with Gasteiger partial charge in [-0.3, -0.25) is 5.43 Å². The molecule has 2 fully saturated rings. The van der Waals surface area contributed by atoms with E-state index in [4.69, 9.17) is 14.2 Å². The van der Waals surface area contributed by atoms with Crippen molar-refractivity contribution in [2.75, 3.05) is 6.61 Å². The first-order chi connectivity index (χ1) is 13.5. The maximum atomic E-state index is 12.5. The van der Waals surface area contributed by atoms with Gasteiger partial charge in [-0.15, -0.1) is 0 Å². The van der Waals surface area contributed by atoms with Crippen LogP contribution in [0.4, 0.5) is 4.79 Å². The molecule has 1 aliphatic carbocycles. The predicted molar refractivity (Wildman–Crippen MR) is 111 cm³/mol. The fourth-order valence-electron chi connectivity index (χ4n) is 4.17. The summed E-state index contributed by atoms with van der Waals surface area (Å²) in [5.74, 6) is 0.191. The van der Waals surface area contributed by atoms with Crippen LogP contribution in [0.15, 0.2) is 12.2 Å². The Bertz CT molecular complexity index is 591. The van der Waals surface area contributed by atoms with E-state index in [0.717, 1.165) is 6.42 Å². The molecule has 0 aromatic heterocycles. The van der Waals surface area contributed by atoms with Crippen LogP contribution >= 0.6 is 0 Å². The minimum atomic E-state index is -0.736. The first kappa shape index (κ1) is 23.7. The van der Waals surface area contributed by atoms with Gasteiger partial charge in [-0.05, 0) is 60.0 Å². The first-order valence-corrected chi connectivity index (χ1v) is 10.8. The first-order valence-electron chi connectivity index (χ1n) is 10.8. The summed E-state index contributed by atoms with van der Waals surface area (Å²) in [6.07, 6.45) is 9.38. The van der Waals surface area contributed by atoms with Crippen LogP contribution in [0.25, 0.3) is 0 Å². The van der Waals surface area contributed by atoms with Gasteiger partial charge in [0.05, 0.1) is 18.8 Å². The molecular weight excluding hydrogens is 372 g/mol. The third-order valence-corrected chi connectivity index (χ3v) is 5.33. The second kappa shape index (κ2) is 9.94. The molecule has 2 rings (SSSR count). The zero-order valence-electron chi connectivity index (χ0n) is 18.8. The molecule has 1 N–H and O–H groups in total. The lowest BCUT2D eigenvalue weighted by Crippen LogP contribution is -2.56. The third kappa shape index (κ3) is 7.30. The lowest BCUT2D eigenvalue weighted by molar-refractivity contribution is -0.137. The monoisotopic (exact) mass is 410 g/mol. The number of carbonyl (C=O) groups excluding carboxylic acids is 2. The van der Waals surface area contributed by atoms with E-state index in [1.54, 1.807) is 13.0 Å². The highest BCUT2D eigenvalue weighted by Crippen LogP contribution is 2.37. The van der Waals surface area contributed by atoms with Crippen molar-refractivity contribution in [1.29, 1.82) is 0 Å². The molecule has 0 radical (unpaired) electrons. The van der Waals surface area contributed by atoms with Crippen molar-refractivity contribution >= 4 is 12.1 Å². The molecule has 7 nitrogen and oxygen atoms in total. The average molecular weight is 411 g/mol. The smallest absolute Gasteiger partial charge is 0.422 e. The molecule has 1 amide bonds. The Morgan fingerprint density at radius 1 is 1.21 bits per heavy atom. The van der Waals surface area contributed by atoms with E-state index in [-0.39, 0.29) is 18.1 Å². The number of carbonyl (C=O) groups is 2. The maximum absolute atomic E-state index is 12.5. The molecule has 0 aromatic rings. The minimum absolute atomic E-state index is 0.0914. The van der Waals surface area contributed by atoms with Gasteiger partial charge in [0.1, 0.15) is 11.3 Å². The van der Waals surface area contributed by atoms with Gasteiger partial charge in [-0.1, -0.05) is 32.1 Å². The van der Waals surface area contributed by atoms with Crippen molar-refractivity contribution in [2.24, 2.45) is 5.92 Å². The molecule has 0 bridgehead atoms. The molecule has 2 atom stereocenters. The topological polar surface area (TPSA) is 77.1 Å². The Balaban J connectivity index is 2.19. The van der Waals surface area contributed by atoms with E-state index >= 15 is 0 Å². The normalized spacial score (nSPS) is 25.9. The summed E-state index contributed by atoms with van der Waals surface area (Å²) < 4.78 is 16.7. The van der Waals surface area contributed by atoms with Crippen LogP contribution in [0, 0.1) is 5.92 Å². The van der Waals surface area contributed by atoms with Crippen molar-refractivity contribution in [3.8, 4) is 0 Å². The number of amides is 1. The molecule has 7 heteroatoms. The third-order valence-electron chi connectivity index (χ3n) is 5.33. The highest BCUT2D eigenvalue weighted by molar-refractivity contribution is 5.82. The van der Waals surface area contributed by atoms with Gasteiger partial charge in [-0.25, -0.2) is 9.59 Å². The van der Waals surface area contributed by atoms with Gasteiger partial charge in [0.2, 0.25) is 0 Å². The van der Waals surface area contributed by atoms with Crippen molar-refractivity contribution in [3.05, 3.63) is 12.2 Å². The SMILES string of the molecule is CCOC(=O)C=C[C@H]1OC(C)(C)N(NC(=O)OC(C)(C)C)[C@@H]1CC1CCCCC1. The summed E-state index contributed by atoms with van der Waals surface area (Å²) in [4.78, 5) is 24.3. The molecule has 1 aliphatic heterocycles. The molecule has 0 spiro atoms. The Morgan fingerprint density at radius 3 is 2.45 bits per heavy atom. The zero-order chi connectivity index (χ0) is 21.7. The molecular formula is C22H38N2O5. The van der Waals surface area contributed by atoms with E-state index < -0.39 is 17.4 Å². The van der Waals surface area contributed by atoms with Gasteiger partial charge in [0.25, 0.3) is 0 Å². The number of hydrogen-bond donors (Lipinski definition) is 1. The molecule has 29 heavy (non-hydrogen) atoms. The molecule has 0 aromatic carbocycles. The summed E-state index contributed by atoms with van der Waals surface area (Å²) >= 11 is 0. The molecule has 2 aliphatic rings. The fourth-order valence-corrected chi connectivity index (χ4v) is 4.17. The number of hydrogen-bond acceptors (Lipinski definition) is 6. The van der Waals surface area contributed by atoms with Crippen LogP contribution in [-0.4, -0.2) is 47.2 Å². The Labute approximate surface area is 175 Å². The van der Waals surface area contributed by atoms with E-state index in [1.165, 1.54) is 38.2 Å². The van der Waals surface area contributed by atoms with E-state index in [9.17, 15) is 9.59 Å². The van der Waals surface area contributed by atoms with Gasteiger partial charge >= 0.3 is 12.1 Å². The maximum Gasteiger partial charge on any atom is 0.422 e. The highest BCUT2D eigenvalue weighted by atomic mass is 16.6. The van der Waals surface area contributed by atoms with Crippen LogP contribution < -0.4 is 5.43 Å². The molecule has 1 saturated carbocycles. The number of rotatable bonds is 6. The summed E-state index contributed by atoms with van der Waals surface area (Å²) in [5.41, 5.74) is 1.58. The zero-order valence-corrected chi connectivity index (χ0v) is 18.8. The number of hydrazine groups is 1. The van der Waals surface area contributed by atoms with Crippen LogP contribution in [-0.2, 0) is 19.0 Å². The lowest BCUT2D eigenvalue weighted by atomic mass is 9.83. The number of nitrogens with zero attached hydrogens (tertiary/aromatic N) is 1. The second-order valence-corrected chi connectivity index (χ2v) is 9.43. The van der Waals surface area contributed by atoms with Gasteiger partial charge in [0, 0.05) is 6.08 Å². The Kier molecular flexibility index (Phi) is 8.11. The standard InChI is InChI=1S/C22H38N2O5/c1-7-27-19(25)14-13-18-17(15-16-11-9-8-10-12-16)24(22(5,6)28-18)23-20(26)29-21(2,3)4/h13-14,16-18H,7-12,15H2,1-6H3,(H,23,26)/t17-,18-/m1/s1. The van der Waals surface area contributed by atoms with Crippen LogP contribution in [0.3, 0.4) is 0 Å². The Hall–Kier alpha value is -1.60. The number of nitrogens with one attached hydrogen (secondary N) is 1. The molecule has 1 saturated heterocycles. The van der Waals surface area contributed by atoms with Crippen molar-refractivity contribution in [1.82, 2.24) is 10.4 Å². The van der Waals surface area contributed by atoms with Crippen molar-refractivity contribution in [3.63, 3.8) is 0 Å². The molecule has 1 heterocycles. The molecule has 166 valence electrons. The predicted octanol–water partition coefficient (Wildman–Crippen LogP) is 4.32. The average Bonchev–Trinajstić information content (AvgIpc) is 2.83. The van der Waals surface area contributed by atoms with Crippen LogP contribution in [0.2, 0.25) is 0 Å². The summed E-state index contributed by atoms with van der Waals surface area (Å²) in [7, 11) is 0. The highest BCUT2D eigenvalue weighted by Gasteiger charge is 2.48. The van der Waals surface area contributed by atoms with Gasteiger partial charge in [0.15, 0.2) is 0 Å².